The highest BCUT2D eigenvalue weighted by Gasteiger charge is 2.21. The third-order valence-corrected chi connectivity index (χ3v) is 3.77. The molecule has 1 rings (SSSR count). The van der Waals surface area contributed by atoms with E-state index in [1.807, 2.05) is 0 Å². The molecule has 0 aliphatic rings. The number of nitrogens with one attached hydrogen (secondary N) is 1. The van der Waals surface area contributed by atoms with Gasteiger partial charge in [-0.25, -0.2) is 0 Å². The van der Waals surface area contributed by atoms with Crippen molar-refractivity contribution in [3.8, 4) is 0 Å². The molecule has 0 radical (unpaired) electrons. The maximum Gasteiger partial charge on any atom is 0.236 e. The van der Waals surface area contributed by atoms with Gasteiger partial charge in [0.1, 0.15) is 0 Å². The smallest absolute Gasteiger partial charge is 0.236 e. The van der Waals surface area contributed by atoms with Gasteiger partial charge in [0.2, 0.25) is 5.91 Å². The molecule has 1 amide bonds. The Labute approximate surface area is 101 Å². The van der Waals surface area contributed by atoms with Crippen molar-refractivity contribution in [1.82, 2.24) is 10.2 Å². The summed E-state index contributed by atoms with van der Waals surface area (Å²) in [5.74, 6) is 0.113. The third-order valence-electron chi connectivity index (χ3n) is 2.53. The first kappa shape index (κ1) is 13.2. The summed E-state index contributed by atoms with van der Waals surface area (Å²) in [5.41, 5.74) is 0.0841. The van der Waals surface area contributed by atoms with E-state index in [-0.39, 0.29) is 11.3 Å². The fourth-order valence-electron chi connectivity index (χ4n) is 1.39. The molecule has 0 unspecified atom stereocenters. The van der Waals surface area contributed by atoms with Gasteiger partial charge in [0.05, 0.1) is 6.54 Å². The highest BCUT2D eigenvalue weighted by atomic mass is 32.1. The summed E-state index contributed by atoms with van der Waals surface area (Å²) in [6.07, 6.45) is 0. The van der Waals surface area contributed by atoms with Crippen LogP contribution in [0.25, 0.3) is 0 Å². The van der Waals surface area contributed by atoms with Gasteiger partial charge in [0, 0.05) is 30.9 Å². The highest BCUT2D eigenvalue weighted by molar-refractivity contribution is 7.10. The number of carbonyl (C=O) groups is 1. The van der Waals surface area contributed by atoms with Gasteiger partial charge < -0.3 is 10.2 Å². The SMILES string of the molecule is CN(C)C(=O)CNCC(C)(C)c1cccs1. The highest BCUT2D eigenvalue weighted by Crippen LogP contribution is 2.26. The average Bonchev–Trinajstić information content (AvgIpc) is 2.70. The van der Waals surface area contributed by atoms with Crippen molar-refractivity contribution in [2.24, 2.45) is 0 Å². The summed E-state index contributed by atoms with van der Waals surface area (Å²) < 4.78 is 0. The van der Waals surface area contributed by atoms with Crippen LogP contribution in [-0.2, 0) is 10.2 Å². The number of rotatable bonds is 5. The largest absolute Gasteiger partial charge is 0.348 e. The van der Waals surface area contributed by atoms with E-state index in [1.165, 1.54) is 4.88 Å². The Bertz CT molecular complexity index is 331. The minimum atomic E-state index is 0.0841. The van der Waals surface area contributed by atoms with Crippen molar-refractivity contribution in [2.45, 2.75) is 19.3 Å². The number of thiophene rings is 1. The molecular weight excluding hydrogens is 220 g/mol. The first-order valence-corrected chi connectivity index (χ1v) is 6.26. The van der Waals surface area contributed by atoms with Crippen LogP contribution in [0, 0.1) is 0 Å². The summed E-state index contributed by atoms with van der Waals surface area (Å²) in [4.78, 5) is 14.3. The number of carbonyl (C=O) groups excluding carboxylic acids is 1. The van der Waals surface area contributed by atoms with Crippen LogP contribution in [0.1, 0.15) is 18.7 Å². The molecule has 16 heavy (non-hydrogen) atoms. The molecule has 0 bridgehead atoms. The Morgan fingerprint density at radius 1 is 1.50 bits per heavy atom. The molecule has 0 aromatic carbocycles. The van der Waals surface area contributed by atoms with Gasteiger partial charge in [-0.2, -0.15) is 0 Å². The predicted molar refractivity (Wildman–Crippen MR) is 68.9 cm³/mol. The van der Waals surface area contributed by atoms with Crippen LogP contribution in [0.3, 0.4) is 0 Å². The van der Waals surface area contributed by atoms with Crippen molar-refractivity contribution in [1.29, 1.82) is 0 Å². The van der Waals surface area contributed by atoms with E-state index in [1.54, 1.807) is 30.3 Å². The maximum atomic E-state index is 11.4. The van der Waals surface area contributed by atoms with E-state index >= 15 is 0 Å². The molecule has 4 heteroatoms. The van der Waals surface area contributed by atoms with Crippen molar-refractivity contribution < 1.29 is 4.79 Å². The molecule has 1 heterocycles. The second kappa shape index (κ2) is 5.46. The lowest BCUT2D eigenvalue weighted by molar-refractivity contribution is -0.127. The molecule has 0 spiro atoms. The van der Waals surface area contributed by atoms with Gasteiger partial charge >= 0.3 is 0 Å². The van der Waals surface area contributed by atoms with Crippen LogP contribution in [0.2, 0.25) is 0 Å². The van der Waals surface area contributed by atoms with Crippen LogP contribution in [0.15, 0.2) is 17.5 Å². The Hall–Kier alpha value is -0.870. The number of hydrogen-bond acceptors (Lipinski definition) is 3. The van der Waals surface area contributed by atoms with Crippen LogP contribution in [0.4, 0.5) is 0 Å². The summed E-state index contributed by atoms with van der Waals surface area (Å²) in [5, 5.41) is 5.30. The van der Waals surface area contributed by atoms with Crippen molar-refractivity contribution in [3.63, 3.8) is 0 Å². The van der Waals surface area contributed by atoms with Crippen LogP contribution >= 0.6 is 11.3 Å². The van der Waals surface area contributed by atoms with Crippen LogP contribution in [0.5, 0.6) is 0 Å². The third kappa shape index (κ3) is 3.61. The molecular formula is C12H20N2OS. The van der Waals surface area contributed by atoms with Gasteiger partial charge in [0.15, 0.2) is 0 Å². The lowest BCUT2D eigenvalue weighted by atomic mass is 9.91. The fraction of sp³-hybridized carbons (Fsp3) is 0.583. The first-order valence-electron chi connectivity index (χ1n) is 5.38. The molecule has 1 aromatic rings. The Morgan fingerprint density at radius 2 is 2.19 bits per heavy atom. The molecule has 0 fully saturated rings. The van der Waals surface area contributed by atoms with E-state index in [4.69, 9.17) is 0 Å². The summed E-state index contributed by atoms with van der Waals surface area (Å²) in [6.45, 7) is 5.59. The Balaban J connectivity index is 2.40. The van der Waals surface area contributed by atoms with Crippen molar-refractivity contribution >= 4 is 17.2 Å². The Kier molecular flexibility index (Phi) is 4.50. The minimum Gasteiger partial charge on any atom is -0.348 e. The average molecular weight is 240 g/mol. The molecule has 1 aromatic heterocycles. The second-order valence-corrected chi connectivity index (χ2v) is 5.70. The Morgan fingerprint density at radius 3 is 2.69 bits per heavy atom. The second-order valence-electron chi connectivity index (χ2n) is 4.75. The van der Waals surface area contributed by atoms with Crippen molar-refractivity contribution in [2.75, 3.05) is 27.2 Å². The zero-order valence-electron chi connectivity index (χ0n) is 10.4. The summed E-state index contributed by atoms with van der Waals surface area (Å²) >= 11 is 1.76. The van der Waals surface area contributed by atoms with E-state index in [0.717, 1.165) is 6.54 Å². The van der Waals surface area contributed by atoms with E-state index in [9.17, 15) is 4.79 Å². The lowest BCUT2D eigenvalue weighted by Crippen LogP contribution is -2.39. The lowest BCUT2D eigenvalue weighted by Gasteiger charge is -2.24. The number of likely N-dealkylation sites (N-methyl/N-ethyl adjacent to an activating group) is 1. The zero-order valence-corrected chi connectivity index (χ0v) is 11.2. The van der Waals surface area contributed by atoms with Gasteiger partial charge in [-0.15, -0.1) is 11.3 Å². The first-order chi connectivity index (χ1) is 7.43. The van der Waals surface area contributed by atoms with Gasteiger partial charge in [0.25, 0.3) is 0 Å². The van der Waals surface area contributed by atoms with Gasteiger partial charge in [-0.1, -0.05) is 19.9 Å². The van der Waals surface area contributed by atoms with E-state index < -0.39 is 0 Å². The molecule has 0 saturated carbocycles. The topological polar surface area (TPSA) is 32.3 Å². The molecule has 0 aliphatic heterocycles. The van der Waals surface area contributed by atoms with E-state index in [0.29, 0.717) is 6.54 Å². The molecule has 3 nitrogen and oxygen atoms in total. The van der Waals surface area contributed by atoms with Crippen LogP contribution < -0.4 is 5.32 Å². The molecule has 0 aliphatic carbocycles. The molecule has 0 atom stereocenters. The number of nitrogens with zero attached hydrogens (tertiary/aromatic N) is 1. The fourth-order valence-corrected chi connectivity index (χ4v) is 2.24. The summed E-state index contributed by atoms with van der Waals surface area (Å²) in [7, 11) is 3.54. The maximum absolute atomic E-state index is 11.4. The monoisotopic (exact) mass is 240 g/mol. The van der Waals surface area contributed by atoms with Gasteiger partial charge in [-0.05, 0) is 11.4 Å². The predicted octanol–water partition coefficient (Wildman–Crippen LogP) is 1.70. The standard InChI is InChI=1S/C12H20N2OS/c1-12(2,10-6-5-7-16-10)9-13-8-11(15)14(3)4/h5-7,13H,8-9H2,1-4H3. The summed E-state index contributed by atoms with van der Waals surface area (Å²) in [6, 6.07) is 4.20. The van der Waals surface area contributed by atoms with E-state index in [2.05, 4.69) is 36.7 Å². The quantitative estimate of drug-likeness (QED) is 0.849. The number of hydrogen-bond donors (Lipinski definition) is 1. The minimum absolute atomic E-state index is 0.0841. The van der Waals surface area contributed by atoms with Crippen molar-refractivity contribution in [3.05, 3.63) is 22.4 Å². The molecule has 1 N–H and O–H groups in total. The number of amides is 1. The van der Waals surface area contributed by atoms with Gasteiger partial charge in [-0.3, -0.25) is 4.79 Å². The zero-order chi connectivity index (χ0) is 12.2. The molecule has 0 saturated heterocycles. The van der Waals surface area contributed by atoms with Crippen LogP contribution in [-0.4, -0.2) is 38.0 Å². The normalized spacial score (nSPS) is 11.5. The molecule has 90 valence electrons.